The van der Waals surface area contributed by atoms with Crippen LogP contribution >= 0.6 is 27.5 Å². The summed E-state index contributed by atoms with van der Waals surface area (Å²) < 4.78 is 16.1. The lowest BCUT2D eigenvalue weighted by atomic mass is 10.2. The van der Waals surface area contributed by atoms with Gasteiger partial charge in [-0.05, 0) is 35.9 Å². The fourth-order valence-electron chi connectivity index (χ4n) is 2.03. The number of hydrogen-bond donors (Lipinski definition) is 0. The molecule has 19 heavy (non-hydrogen) atoms. The van der Waals surface area contributed by atoms with E-state index in [0.29, 0.717) is 11.6 Å². The highest BCUT2D eigenvalue weighted by molar-refractivity contribution is 9.10. The molecule has 0 N–H and O–H groups in total. The zero-order chi connectivity index (χ0) is 13.4. The molecule has 1 heterocycles. The number of fused-ring (bicyclic) bond motifs is 1. The summed E-state index contributed by atoms with van der Waals surface area (Å²) in [5, 5.41) is 5.88. The van der Waals surface area contributed by atoms with Gasteiger partial charge in [0.25, 0.3) is 0 Å². The van der Waals surface area contributed by atoms with E-state index in [9.17, 15) is 4.39 Å². The van der Waals surface area contributed by atoms with Gasteiger partial charge >= 0.3 is 0 Å². The molecule has 3 rings (SSSR count). The Morgan fingerprint density at radius 2 is 2.11 bits per heavy atom. The molecule has 2 aromatic carbocycles. The van der Waals surface area contributed by atoms with Crippen molar-refractivity contribution in [3.63, 3.8) is 0 Å². The molecular weight excluding hydrogens is 331 g/mol. The second-order valence-electron chi connectivity index (χ2n) is 4.28. The third-order valence-electron chi connectivity index (χ3n) is 2.81. The molecule has 0 amide bonds. The summed E-state index contributed by atoms with van der Waals surface area (Å²) >= 11 is 9.33. The van der Waals surface area contributed by atoms with E-state index in [4.69, 9.17) is 11.6 Å². The van der Waals surface area contributed by atoms with E-state index in [0.717, 1.165) is 20.9 Å². The molecule has 5 heteroatoms. The van der Waals surface area contributed by atoms with Gasteiger partial charge in [0.15, 0.2) is 0 Å². The summed E-state index contributed by atoms with van der Waals surface area (Å²) in [6.07, 6.45) is 1.93. The predicted molar refractivity (Wildman–Crippen MR) is 77.9 cm³/mol. The van der Waals surface area contributed by atoms with E-state index in [-0.39, 0.29) is 5.82 Å². The first-order valence-electron chi connectivity index (χ1n) is 5.68. The number of benzene rings is 2. The second kappa shape index (κ2) is 4.94. The van der Waals surface area contributed by atoms with E-state index in [1.165, 1.54) is 12.1 Å². The molecular formula is C14H9BrClFN2. The van der Waals surface area contributed by atoms with Crippen molar-refractivity contribution in [2.24, 2.45) is 0 Å². The summed E-state index contributed by atoms with van der Waals surface area (Å²) in [6.45, 7) is 0.485. The van der Waals surface area contributed by atoms with Gasteiger partial charge in [-0.25, -0.2) is 4.39 Å². The molecule has 96 valence electrons. The Morgan fingerprint density at radius 1 is 1.26 bits per heavy atom. The summed E-state index contributed by atoms with van der Waals surface area (Å²) in [5.41, 5.74) is 1.69. The Hall–Kier alpha value is -1.39. The zero-order valence-electron chi connectivity index (χ0n) is 9.78. The molecule has 0 aliphatic heterocycles. The number of nitrogens with zero attached hydrogens (tertiary/aromatic N) is 2. The van der Waals surface area contributed by atoms with E-state index in [1.807, 2.05) is 24.4 Å². The van der Waals surface area contributed by atoms with Gasteiger partial charge in [0.05, 0.1) is 12.1 Å². The Morgan fingerprint density at radius 3 is 2.84 bits per heavy atom. The number of halogens is 3. The number of aromatic nitrogens is 2. The van der Waals surface area contributed by atoms with Crippen LogP contribution in [0, 0.1) is 5.82 Å². The minimum atomic E-state index is -0.333. The van der Waals surface area contributed by atoms with E-state index >= 15 is 0 Å². The van der Waals surface area contributed by atoms with Crippen molar-refractivity contribution in [3.05, 3.63) is 63.5 Å². The SMILES string of the molecule is Fc1cc(Cl)cc(Cn2cc3c(Br)cccc3n2)c1. The molecule has 0 spiro atoms. The first kappa shape index (κ1) is 12.6. The van der Waals surface area contributed by atoms with Gasteiger partial charge in [0, 0.05) is 21.1 Å². The molecule has 0 unspecified atom stereocenters. The normalized spacial score (nSPS) is 11.1. The monoisotopic (exact) mass is 338 g/mol. The van der Waals surface area contributed by atoms with Gasteiger partial charge in [-0.3, -0.25) is 4.68 Å². The van der Waals surface area contributed by atoms with Crippen molar-refractivity contribution >= 4 is 38.4 Å². The van der Waals surface area contributed by atoms with Crippen molar-refractivity contribution in [1.82, 2.24) is 9.78 Å². The Kier molecular flexibility index (Phi) is 3.29. The standard InChI is InChI=1S/C14H9BrClFN2/c15-13-2-1-3-14-12(13)8-19(18-14)7-9-4-10(16)6-11(17)5-9/h1-6,8H,7H2. The average molecular weight is 340 g/mol. The van der Waals surface area contributed by atoms with Crippen molar-refractivity contribution in [1.29, 1.82) is 0 Å². The van der Waals surface area contributed by atoms with E-state index in [1.54, 1.807) is 10.7 Å². The zero-order valence-corrected chi connectivity index (χ0v) is 12.1. The molecule has 3 aromatic rings. The molecule has 0 saturated heterocycles. The lowest BCUT2D eigenvalue weighted by Gasteiger charge is -2.02. The molecule has 0 fully saturated rings. The highest BCUT2D eigenvalue weighted by Gasteiger charge is 2.05. The van der Waals surface area contributed by atoms with Gasteiger partial charge in [0.1, 0.15) is 5.82 Å². The second-order valence-corrected chi connectivity index (χ2v) is 5.57. The maximum atomic E-state index is 13.3. The van der Waals surface area contributed by atoms with Crippen LogP contribution in [-0.4, -0.2) is 9.78 Å². The minimum Gasteiger partial charge on any atom is -0.267 e. The molecule has 0 bridgehead atoms. The lowest BCUT2D eigenvalue weighted by molar-refractivity contribution is 0.620. The minimum absolute atomic E-state index is 0.333. The summed E-state index contributed by atoms with van der Waals surface area (Å²) in [6, 6.07) is 10.3. The van der Waals surface area contributed by atoms with Gasteiger partial charge < -0.3 is 0 Å². The van der Waals surface area contributed by atoms with Gasteiger partial charge in [0.2, 0.25) is 0 Å². The van der Waals surface area contributed by atoms with Crippen LogP contribution in [0.5, 0.6) is 0 Å². The third-order valence-corrected chi connectivity index (χ3v) is 3.72. The summed E-state index contributed by atoms with van der Waals surface area (Å²) in [7, 11) is 0. The quantitative estimate of drug-likeness (QED) is 0.665. The maximum absolute atomic E-state index is 13.3. The van der Waals surface area contributed by atoms with Gasteiger partial charge in [-0.2, -0.15) is 5.10 Å². The van der Waals surface area contributed by atoms with Crippen molar-refractivity contribution < 1.29 is 4.39 Å². The van der Waals surface area contributed by atoms with E-state index < -0.39 is 0 Å². The smallest absolute Gasteiger partial charge is 0.125 e. The van der Waals surface area contributed by atoms with Crippen LogP contribution < -0.4 is 0 Å². The van der Waals surface area contributed by atoms with E-state index in [2.05, 4.69) is 21.0 Å². The molecule has 1 aromatic heterocycles. The topological polar surface area (TPSA) is 17.8 Å². The van der Waals surface area contributed by atoms with Crippen LogP contribution in [0.15, 0.2) is 47.1 Å². The molecule has 2 nitrogen and oxygen atoms in total. The maximum Gasteiger partial charge on any atom is 0.125 e. The van der Waals surface area contributed by atoms with Crippen molar-refractivity contribution in [2.45, 2.75) is 6.54 Å². The molecule has 0 aliphatic rings. The van der Waals surface area contributed by atoms with Crippen molar-refractivity contribution in [3.8, 4) is 0 Å². The molecule has 0 radical (unpaired) electrons. The lowest BCUT2D eigenvalue weighted by Crippen LogP contribution is -2.00. The third kappa shape index (κ3) is 2.65. The van der Waals surface area contributed by atoms with Crippen LogP contribution in [0.3, 0.4) is 0 Å². The average Bonchev–Trinajstić information content (AvgIpc) is 2.71. The molecule has 0 saturated carbocycles. The number of rotatable bonds is 2. The van der Waals surface area contributed by atoms with Crippen LogP contribution in [0.1, 0.15) is 5.56 Å². The predicted octanol–water partition coefficient (Wildman–Crippen LogP) is 4.64. The molecule has 0 atom stereocenters. The van der Waals surface area contributed by atoms with Crippen LogP contribution in [-0.2, 0) is 6.54 Å². The first-order valence-corrected chi connectivity index (χ1v) is 6.85. The molecule has 0 aliphatic carbocycles. The van der Waals surface area contributed by atoms with Gasteiger partial charge in [-0.15, -0.1) is 0 Å². The highest BCUT2D eigenvalue weighted by Crippen LogP contribution is 2.23. The Labute approximate surface area is 122 Å². The first-order chi connectivity index (χ1) is 9.11. The number of hydrogen-bond acceptors (Lipinski definition) is 1. The fourth-order valence-corrected chi connectivity index (χ4v) is 2.73. The largest absolute Gasteiger partial charge is 0.267 e. The van der Waals surface area contributed by atoms with Gasteiger partial charge in [-0.1, -0.05) is 33.6 Å². The van der Waals surface area contributed by atoms with Crippen LogP contribution in [0.2, 0.25) is 5.02 Å². The van der Waals surface area contributed by atoms with Crippen LogP contribution in [0.4, 0.5) is 4.39 Å². The summed E-state index contributed by atoms with van der Waals surface area (Å²) in [5.74, 6) is -0.333. The fraction of sp³-hybridized carbons (Fsp3) is 0.0714. The highest BCUT2D eigenvalue weighted by atomic mass is 79.9. The Bertz CT molecular complexity index is 734. The van der Waals surface area contributed by atoms with Crippen molar-refractivity contribution in [2.75, 3.05) is 0 Å². The Balaban J connectivity index is 1.99. The summed E-state index contributed by atoms with van der Waals surface area (Å²) in [4.78, 5) is 0. The van der Waals surface area contributed by atoms with Crippen LogP contribution in [0.25, 0.3) is 10.9 Å².